The van der Waals surface area contributed by atoms with E-state index in [9.17, 15) is 29.1 Å². The van der Waals surface area contributed by atoms with Gasteiger partial charge in [-0.15, -0.1) is 0 Å². The molecular formula is C32H50N4O7. The van der Waals surface area contributed by atoms with E-state index in [4.69, 9.17) is 10.5 Å². The highest BCUT2D eigenvalue weighted by molar-refractivity contribution is 5.96. The molecule has 2 unspecified atom stereocenters. The molecule has 0 saturated heterocycles. The van der Waals surface area contributed by atoms with Gasteiger partial charge >= 0.3 is 11.9 Å². The molecule has 0 radical (unpaired) electrons. The predicted molar refractivity (Wildman–Crippen MR) is 163 cm³/mol. The van der Waals surface area contributed by atoms with Crippen molar-refractivity contribution in [2.75, 3.05) is 19.7 Å². The first-order chi connectivity index (χ1) is 20.5. The van der Waals surface area contributed by atoms with E-state index in [-0.39, 0.29) is 25.5 Å². The van der Waals surface area contributed by atoms with E-state index < -0.39 is 53.8 Å². The van der Waals surface area contributed by atoms with Crippen LogP contribution in [0.5, 0.6) is 0 Å². The maximum atomic E-state index is 13.6. The number of carboxylic acid groups (broad SMARTS) is 1. The summed E-state index contributed by atoms with van der Waals surface area (Å²) in [5.41, 5.74) is 5.28. The lowest BCUT2D eigenvalue weighted by Gasteiger charge is -2.34. The number of aliphatic carboxylic acids is 1. The molecule has 1 aromatic rings. The number of carbonyl (C=O) groups excluding carboxylic acids is 4. The fraction of sp³-hybridized carbons (Fsp3) is 0.656. The number of nitrogens with one attached hydrogen (secondary N) is 2. The third kappa shape index (κ3) is 12.0. The Bertz CT molecular complexity index is 1060. The fourth-order valence-corrected chi connectivity index (χ4v) is 5.31. The molecule has 0 spiro atoms. The quantitative estimate of drug-likeness (QED) is 0.146. The Hall–Kier alpha value is -3.47. The van der Waals surface area contributed by atoms with Crippen molar-refractivity contribution in [2.45, 2.75) is 109 Å². The second-order valence-electron chi connectivity index (χ2n) is 11.7. The molecule has 11 nitrogen and oxygen atoms in total. The maximum Gasteiger partial charge on any atom is 0.338 e. The third-order valence-corrected chi connectivity index (χ3v) is 8.12. The maximum absolute atomic E-state index is 13.6. The number of nitrogens with zero attached hydrogens (tertiary/aromatic N) is 1. The van der Waals surface area contributed by atoms with Gasteiger partial charge in [-0.25, -0.2) is 4.79 Å². The van der Waals surface area contributed by atoms with Crippen molar-refractivity contribution < 1.29 is 33.8 Å². The first kappa shape index (κ1) is 35.7. The molecule has 43 heavy (non-hydrogen) atoms. The van der Waals surface area contributed by atoms with Crippen molar-refractivity contribution >= 4 is 29.7 Å². The monoisotopic (exact) mass is 602 g/mol. The number of hydrogen-bond donors (Lipinski definition) is 4. The van der Waals surface area contributed by atoms with Crippen LogP contribution in [0.2, 0.25) is 0 Å². The second kappa shape index (κ2) is 18.3. The highest BCUT2D eigenvalue weighted by Crippen LogP contribution is 2.28. The highest BCUT2D eigenvalue weighted by atomic mass is 16.5. The minimum atomic E-state index is -1.33. The first-order valence-electron chi connectivity index (χ1n) is 15.6. The average Bonchev–Trinajstić information content (AvgIpc) is 3.00. The zero-order valence-corrected chi connectivity index (χ0v) is 25.9. The largest absolute Gasteiger partial charge is 0.480 e. The van der Waals surface area contributed by atoms with Gasteiger partial charge in [0.05, 0.1) is 18.2 Å². The summed E-state index contributed by atoms with van der Waals surface area (Å²) in [6, 6.07) is 6.91. The second-order valence-corrected chi connectivity index (χ2v) is 11.7. The summed E-state index contributed by atoms with van der Waals surface area (Å²) in [4.78, 5) is 64.9. The van der Waals surface area contributed by atoms with E-state index in [2.05, 4.69) is 10.6 Å². The number of amides is 3. The number of carboxylic acids is 1. The number of rotatable bonds is 18. The van der Waals surface area contributed by atoms with Crippen LogP contribution in [0.15, 0.2) is 30.3 Å². The van der Waals surface area contributed by atoms with Gasteiger partial charge in [-0.05, 0) is 63.5 Å². The van der Waals surface area contributed by atoms with Crippen molar-refractivity contribution in [3.63, 3.8) is 0 Å². The van der Waals surface area contributed by atoms with Crippen LogP contribution in [0.25, 0.3) is 0 Å². The molecule has 0 aliphatic heterocycles. The zero-order chi connectivity index (χ0) is 31.8. The lowest BCUT2D eigenvalue weighted by atomic mass is 9.84. The molecule has 1 aliphatic rings. The van der Waals surface area contributed by atoms with Gasteiger partial charge in [0, 0.05) is 6.54 Å². The van der Waals surface area contributed by atoms with Gasteiger partial charge in [-0.3, -0.25) is 19.2 Å². The predicted octanol–water partition coefficient (Wildman–Crippen LogP) is 3.40. The summed E-state index contributed by atoms with van der Waals surface area (Å²) in [6.07, 6.45) is 7.83. The Kier molecular flexibility index (Phi) is 15.2. The summed E-state index contributed by atoms with van der Waals surface area (Å²) < 4.78 is 5.27. The fourth-order valence-electron chi connectivity index (χ4n) is 5.31. The average molecular weight is 603 g/mol. The zero-order valence-electron chi connectivity index (χ0n) is 25.9. The molecule has 240 valence electrons. The lowest BCUT2D eigenvalue weighted by molar-refractivity contribution is -0.146. The smallest absolute Gasteiger partial charge is 0.338 e. The summed E-state index contributed by atoms with van der Waals surface area (Å²) >= 11 is 0. The number of unbranched alkanes of at least 4 members (excludes halogenated alkanes) is 1. The Balaban J connectivity index is 1.97. The number of ether oxygens (including phenoxy) is 1. The Morgan fingerprint density at radius 2 is 1.74 bits per heavy atom. The van der Waals surface area contributed by atoms with E-state index in [1.165, 1.54) is 4.90 Å². The molecule has 1 saturated carbocycles. The molecule has 1 fully saturated rings. The van der Waals surface area contributed by atoms with Gasteiger partial charge in [-0.1, -0.05) is 64.2 Å². The van der Waals surface area contributed by atoms with Crippen LogP contribution >= 0.6 is 0 Å². The molecule has 2 rings (SSSR count). The SMILES string of the molecule is CCCN(CC(=O)O)C(=O)C(CC1CCCCC1)NC(=O)[C@](C)(CC)NC(=O)C(N)CCCCOC(=O)c1ccccc1. The van der Waals surface area contributed by atoms with Crippen molar-refractivity contribution in [3.8, 4) is 0 Å². The van der Waals surface area contributed by atoms with Crippen molar-refractivity contribution in [1.29, 1.82) is 0 Å². The number of benzene rings is 1. The van der Waals surface area contributed by atoms with Crippen molar-refractivity contribution in [1.82, 2.24) is 15.5 Å². The van der Waals surface area contributed by atoms with Crippen molar-refractivity contribution in [3.05, 3.63) is 35.9 Å². The van der Waals surface area contributed by atoms with Crippen LogP contribution in [-0.4, -0.2) is 77.0 Å². The Morgan fingerprint density at radius 1 is 1.07 bits per heavy atom. The van der Waals surface area contributed by atoms with E-state index >= 15 is 0 Å². The lowest BCUT2D eigenvalue weighted by Crippen LogP contribution is -2.62. The standard InChI is InChI=1S/C32H50N4O7/c1-4-19-36(22-27(37)38)29(40)26(21-23-14-8-6-9-15-23)34-31(42)32(3,5-2)35-28(39)25(33)18-12-13-20-43-30(41)24-16-10-7-11-17-24/h7,10-11,16-17,23,25-26H,4-6,8-9,12-15,18-22,33H2,1-3H3,(H,34,42)(H,35,39)(H,37,38)/t25?,26?,32-/m0/s1. The van der Waals surface area contributed by atoms with Gasteiger partial charge < -0.3 is 31.1 Å². The molecule has 5 N–H and O–H groups in total. The highest BCUT2D eigenvalue weighted by Gasteiger charge is 2.38. The van der Waals surface area contributed by atoms with E-state index in [0.29, 0.717) is 37.7 Å². The van der Waals surface area contributed by atoms with Gasteiger partial charge in [0.15, 0.2) is 0 Å². The van der Waals surface area contributed by atoms with Crippen LogP contribution in [0.4, 0.5) is 0 Å². The minimum absolute atomic E-state index is 0.199. The normalized spacial score (nSPS) is 16.3. The number of carbonyl (C=O) groups is 5. The molecule has 1 aliphatic carbocycles. The third-order valence-electron chi connectivity index (χ3n) is 8.12. The van der Waals surface area contributed by atoms with Crippen LogP contribution in [-0.2, 0) is 23.9 Å². The number of hydrogen-bond acceptors (Lipinski definition) is 7. The van der Waals surface area contributed by atoms with E-state index in [1.807, 2.05) is 13.0 Å². The van der Waals surface area contributed by atoms with Gasteiger partial charge in [-0.2, -0.15) is 0 Å². The summed E-state index contributed by atoms with van der Waals surface area (Å²) in [5.74, 6) is -2.69. The minimum Gasteiger partial charge on any atom is -0.480 e. The van der Waals surface area contributed by atoms with Gasteiger partial charge in [0.25, 0.3) is 0 Å². The molecular weight excluding hydrogens is 552 g/mol. The summed E-state index contributed by atoms with van der Waals surface area (Å²) in [6.45, 7) is 5.25. The Morgan fingerprint density at radius 3 is 2.35 bits per heavy atom. The first-order valence-corrected chi connectivity index (χ1v) is 15.6. The van der Waals surface area contributed by atoms with Gasteiger partial charge in [0.2, 0.25) is 17.7 Å². The van der Waals surface area contributed by atoms with Gasteiger partial charge in [0.1, 0.15) is 18.1 Å². The topological polar surface area (TPSA) is 168 Å². The molecule has 0 bridgehead atoms. The Labute approximate surface area is 255 Å². The van der Waals surface area contributed by atoms with E-state index in [1.54, 1.807) is 38.1 Å². The van der Waals surface area contributed by atoms with Crippen LogP contribution in [0, 0.1) is 5.92 Å². The summed E-state index contributed by atoms with van der Waals surface area (Å²) in [5, 5.41) is 15.0. The number of nitrogens with two attached hydrogens (primary N) is 1. The van der Waals surface area contributed by atoms with Crippen LogP contribution < -0.4 is 16.4 Å². The van der Waals surface area contributed by atoms with Crippen LogP contribution in [0.1, 0.15) is 102 Å². The summed E-state index contributed by atoms with van der Waals surface area (Å²) in [7, 11) is 0. The van der Waals surface area contributed by atoms with Crippen molar-refractivity contribution in [2.24, 2.45) is 11.7 Å². The van der Waals surface area contributed by atoms with E-state index in [0.717, 1.165) is 32.1 Å². The molecule has 1 aromatic carbocycles. The molecule has 3 atom stereocenters. The molecule has 3 amide bonds. The molecule has 11 heteroatoms. The van der Waals surface area contributed by atoms with Crippen LogP contribution in [0.3, 0.4) is 0 Å². The molecule has 0 aromatic heterocycles. The molecule has 0 heterocycles. The number of esters is 1.